The number of hydrogen-bond donors (Lipinski definition) is 0. The molecule has 0 fully saturated rings. The number of benzene rings is 5. The lowest BCUT2D eigenvalue weighted by Crippen LogP contribution is -1.83. The van der Waals surface area contributed by atoms with Crippen LogP contribution in [0.5, 0.6) is 0 Å². The Morgan fingerprint density at radius 1 is 0.250 bits per heavy atom. The molecule has 0 spiro atoms. The molecular weight excluding hydrogens is 496 g/mol. The minimum absolute atomic E-state index is 0.501. The smallest absolute Gasteiger partial charge is 0.248 e. The molecule has 5 aromatic carbocycles. The summed E-state index contributed by atoms with van der Waals surface area (Å²) in [5, 5.41) is 16.8. The SMILES string of the molecule is c1ccc(-c2nnc(-c3ccc(-c4ccc(-c5ccc(-c6nnc(-c7ccccc7)o6)cc5)cc4)cc3)o2)cc1. The van der Waals surface area contributed by atoms with Crippen LogP contribution in [0.15, 0.2) is 142 Å². The first-order valence-corrected chi connectivity index (χ1v) is 12.9. The minimum atomic E-state index is 0.501. The van der Waals surface area contributed by atoms with Gasteiger partial charge in [-0.1, -0.05) is 84.9 Å². The van der Waals surface area contributed by atoms with Crippen LogP contribution in [0.1, 0.15) is 0 Å². The zero-order chi connectivity index (χ0) is 26.7. The molecule has 0 aliphatic carbocycles. The zero-order valence-corrected chi connectivity index (χ0v) is 21.3. The van der Waals surface area contributed by atoms with Crippen LogP contribution < -0.4 is 0 Å². The predicted molar refractivity (Wildman–Crippen MR) is 155 cm³/mol. The maximum Gasteiger partial charge on any atom is 0.248 e. The van der Waals surface area contributed by atoms with Crippen molar-refractivity contribution < 1.29 is 8.83 Å². The average Bonchev–Trinajstić information content (AvgIpc) is 3.74. The molecule has 0 aliphatic rings. The van der Waals surface area contributed by atoms with Crippen LogP contribution >= 0.6 is 0 Å². The van der Waals surface area contributed by atoms with E-state index >= 15 is 0 Å². The average molecular weight is 519 g/mol. The van der Waals surface area contributed by atoms with E-state index < -0.39 is 0 Å². The number of hydrogen-bond acceptors (Lipinski definition) is 6. The van der Waals surface area contributed by atoms with E-state index in [1.165, 1.54) is 0 Å². The van der Waals surface area contributed by atoms with Gasteiger partial charge >= 0.3 is 0 Å². The molecule has 40 heavy (non-hydrogen) atoms. The largest absolute Gasteiger partial charge is 0.416 e. The fourth-order valence-electron chi connectivity index (χ4n) is 4.54. The normalized spacial score (nSPS) is 11.0. The highest BCUT2D eigenvalue weighted by atomic mass is 16.4. The predicted octanol–water partition coefficient (Wildman–Crippen LogP) is 8.45. The van der Waals surface area contributed by atoms with Crippen molar-refractivity contribution in [1.82, 2.24) is 20.4 Å². The van der Waals surface area contributed by atoms with E-state index in [1.54, 1.807) is 0 Å². The molecule has 0 bridgehead atoms. The van der Waals surface area contributed by atoms with Crippen LogP contribution in [0.3, 0.4) is 0 Å². The van der Waals surface area contributed by atoms with Crippen LogP contribution in [0, 0.1) is 0 Å². The Bertz CT molecular complexity index is 1720. The summed E-state index contributed by atoms with van der Waals surface area (Å²) in [5.41, 5.74) is 8.04. The summed E-state index contributed by atoms with van der Waals surface area (Å²) in [6.45, 7) is 0. The maximum atomic E-state index is 5.89. The van der Waals surface area contributed by atoms with E-state index in [9.17, 15) is 0 Å². The fraction of sp³-hybridized carbons (Fsp3) is 0. The van der Waals surface area contributed by atoms with Gasteiger partial charge in [-0.3, -0.25) is 0 Å². The molecule has 0 unspecified atom stereocenters. The zero-order valence-electron chi connectivity index (χ0n) is 21.3. The van der Waals surface area contributed by atoms with Gasteiger partial charge < -0.3 is 8.83 Å². The van der Waals surface area contributed by atoms with Crippen molar-refractivity contribution in [2.24, 2.45) is 0 Å². The Morgan fingerprint density at radius 2 is 0.475 bits per heavy atom. The van der Waals surface area contributed by atoms with Gasteiger partial charge in [-0.2, -0.15) is 0 Å². The van der Waals surface area contributed by atoms with Crippen molar-refractivity contribution in [3.63, 3.8) is 0 Å². The second kappa shape index (κ2) is 10.3. The molecule has 7 aromatic rings. The van der Waals surface area contributed by atoms with Gasteiger partial charge in [0.15, 0.2) is 0 Å². The summed E-state index contributed by atoms with van der Waals surface area (Å²) in [4.78, 5) is 0. The van der Waals surface area contributed by atoms with Gasteiger partial charge in [0.1, 0.15) is 0 Å². The molecule has 0 aliphatic heterocycles. The highest BCUT2D eigenvalue weighted by Crippen LogP contribution is 2.30. The van der Waals surface area contributed by atoms with E-state index in [4.69, 9.17) is 8.83 Å². The Balaban J connectivity index is 1.05. The van der Waals surface area contributed by atoms with Gasteiger partial charge in [0.2, 0.25) is 23.6 Å². The van der Waals surface area contributed by atoms with E-state index in [1.807, 2.05) is 84.9 Å². The van der Waals surface area contributed by atoms with Crippen LogP contribution in [0.2, 0.25) is 0 Å². The molecule has 2 heterocycles. The summed E-state index contributed by atoms with van der Waals surface area (Å²) in [7, 11) is 0. The van der Waals surface area contributed by atoms with Crippen molar-refractivity contribution in [1.29, 1.82) is 0 Å². The summed E-state index contributed by atoms with van der Waals surface area (Å²) in [6, 6.07) is 44.3. The number of nitrogens with zero attached hydrogens (tertiary/aromatic N) is 4. The Morgan fingerprint density at radius 3 is 0.750 bits per heavy atom. The highest BCUT2D eigenvalue weighted by Gasteiger charge is 2.12. The molecule has 0 radical (unpaired) electrons. The van der Waals surface area contributed by atoms with Crippen LogP contribution in [-0.4, -0.2) is 20.4 Å². The van der Waals surface area contributed by atoms with Crippen molar-refractivity contribution in [2.45, 2.75) is 0 Å². The molecular formula is C34H22N4O2. The topological polar surface area (TPSA) is 77.8 Å². The van der Waals surface area contributed by atoms with Crippen molar-refractivity contribution in [2.75, 3.05) is 0 Å². The molecule has 0 saturated carbocycles. The monoisotopic (exact) mass is 518 g/mol. The molecule has 0 saturated heterocycles. The van der Waals surface area contributed by atoms with Crippen molar-refractivity contribution in [3.8, 4) is 68.1 Å². The fourth-order valence-corrected chi connectivity index (χ4v) is 4.54. The Labute approximate surface area is 230 Å². The van der Waals surface area contributed by atoms with Gasteiger partial charge in [0.25, 0.3) is 0 Å². The summed E-state index contributed by atoms with van der Waals surface area (Å²) in [6.07, 6.45) is 0. The standard InChI is InChI=1S/C34H22N4O2/c1-3-7-27(8-4-1)31-35-37-33(39-31)29-19-15-25(16-20-29)23-11-13-24(14-12-23)26-17-21-30(22-18-26)34-38-36-32(40-34)28-9-5-2-6-10-28/h1-22H. The minimum Gasteiger partial charge on any atom is -0.416 e. The molecule has 6 nitrogen and oxygen atoms in total. The summed E-state index contributed by atoms with van der Waals surface area (Å²) in [5.74, 6) is 2.02. The van der Waals surface area contributed by atoms with E-state index in [2.05, 4.69) is 68.9 Å². The first-order valence-electron chi connectivity index (χ1n) is 12.9. The molecule has 0 amide bonds. The van der Waals surface area contributed by atoms with Crippen LogP contribution in [0.25, 0.3) is 68.1 Å². The molecule has 7 rings (SSSR count). The van der Waals surface area contributed by atoms with Crippen LogP contribution in [-0.2, 0) is 0 Å². The maximum absolute atomic E-state index is 5.89. The van der Waals surface area contributed by atoms with Crippen molar-refractivity contribution >= 4 is 0 Å². The second-order valence-corrected chi connectivity index (χ2v) is 9.29. The number of rotatable bonds is 6. The Kier molecular flexibility index (Phi) is 6.03. The molecule has 0 atom stereocenters. The molecule has 2 aromatic heterocycles. The van der Waals surface area contributed by atoms with E-state index in [-0.39, 0.29) is 0 Å². The van der Waals surface area contributed by atoms with Gasteiger partial charge in [-0.25, -0.2) is 0 Å². The van der Waals surface area contributed by atoms with Crippen LogP contribution in [0.4, 0.5) is 0 Å². The molecule has 190 valence electrons. The van der Waals surface area contributed by atoms with Gasteiger partial charge in [-0.05, 0) is 70.8 Å². The third-order valence-electron chi connectivity index (χ3n) is 6.71. The van der Waals surface area contributed by atoms with E-state index in [0.717, 1.165) is 44.5 Å². The third kappa shape index (κ3) is 4.70. The van der Waals surface area contributed by atoms with Gasteiger partial charge in [0.05, 0.1) is 0 Å². The van der Waals surface area contributed by atoms with Crippen molar-refractivity contribution in [3.05, 3.63) is 133 Å². The lowest BCUT2D eigenvalue weighted by Gasteiger charge is -2.06. The molecule has 6 heteroatoms. The Hall–Kier alpha value is -5.62. The first kappa shape index (κ1) is 23.5. The summed E-state index contributed by atoms with van der Waals surface area (Å²) >= 11 is 0. The number of aromatic nitrogens is 4. The van der Waals surface area contributed by atoms with Gasteiger partial charge in [-0.15, -0.1) is 20.4 Å². The third-order valence-corrected chi connectivity index (χ3v) is 6.71. The van der Waals surface area contributed by atoms with E-state index in [0.29, 0.717) is 23.6 Å². The first-order chi connectivity index (χ1) is 19.8. The quantitative estimate of drug-likeness (QED) is 0.220. The lowest BCUT2D eigenvalue weighted by atomic mass is 9.99. The van der Waals surface area contributed by atoms with Gasteiger partial charge in [0, 0.05) is 22.3 Å². The lowest BCUT2D eigenvalue weighted by molar-refractivity contribution is 0.584. The summed E-state index contributed by atoms with van der Waals surface area (Å²) < 4.78 is 11.8. The second-order valence-electron chi connectivity index (χ2n) is 9.29. The molecule has 0 N–H and O–H groups in total. The highest BCUT2D eigenvalue weighted by molar-refractivity contribution is 5.73.